The maximum Gasteiger partial charge on any atom is 0.240 e. The van der Waals surface area contributed by atoms with Crippen molar-refractivity contribution in [1.29, 1.82) is 0 Å². The maximum atomic E-state index is 11.8. The van der Waals surface area contributed by atoms with Crippen LogP contribution in [0.15, 0.2) is 29.2 Å². The second-order valence-electron chi connectivity index (χ2n) is 6.17. The molecule has 8 heteroatoms. The maximum absolute atomic E-state index is 11.8. The van der Waals surface area contributed by atoms with Gasteiger partial charge >= 0.3 is 0 Å². The molecule has 2 aromatic rings. The molecular weight excluding hydrogens is 326 g/mol. The lowest BCUT2D eigenvalue weighted by molar-refractivity contribution is 0.246. The Morgan fingerprint density at radius 1 is 1.17 bits per heavy atom. The van der Waals surface area contributed by atoms with E-state index in [1.165, 1.54) is 0 Å². The Kier molecular flexibility index (Phi) is 4.62. The van der Waals surface area contributed by atoms with Crippen LogP contribution in [0.4, 0.5) is 5.69 Å². The fourth-order valence-corrected chi connectivity index (χ4v) is 3.89. The number of hydrogen-bond acceptors (Lipinski definition) is 5. The van der Waals surface area contributed by atoms with Crippen molar-refractivity contribution in [3.63, 3.8) is 0 Å². The van der Waals surface area contributed by atoms with Crippen LogP contribution in [-0.4, -0.2) is 49.5 Å². The Bertz CT molecular complexity index is 823. The number of primary sulfonamides is 1. The van der Waals surface area contributed by atoms with Gasteiger partial charge in [0.1, 0.15) is 10.7 Å². The van der Waals surface area contributed by atoms with Gasteiger partial charge in [-0.25, -0.2) is 18.5 Å². The quantitative estimate of drug-likeness (QED) is 0.858. The van der Waals surface area contributed by atoms with Crippen molar-refractivity contribution >= 4 is 15.7 Å². The first-order valence-corrected chi connectivity index (χ1v) is 9.50. The first-order chi connectivity index (χ1) is 11.3. The van der Waals surface area contributed by atoms with Gasteiger partial charge in [0.15, 0.2) is 0 Å². The molecule has 130 valence electrons. The van der Waals surface area contributed by atoms with E-state index < -0.39 is 10.0 Å². The largest absolute Gasteiger partial charge is 0.368 e. The van der Waals surface area contributed by atoms with Gasteiger partial charge < -0.3 is 9.88 Å². The average Bonchev–Trinajstić information content (AvgIpc) is 2.85. The van der Waals surface area contributed by atoms with E-state index in [9.17, 15) is 8.42 Å². The number of nitrogens with one attached hydrogen (secondary N) is 1. The van der Waals surface area contributed by atoms with Crippen molar-refractivity contribution in [2.45, 2.75) is 25.3 Å². The van der Waals surface area contributed by atoms with E-state index >= 15 is 0 Å². The van der Waals surface area contributed by atoms with Crippen LogP contribution in [0.5, 0.6) is 0 Å². The Hall–Kier alpha value is -1.90. The molecule has 7 nitrogen and oxygen atoms in total. The number of hydrogen-bond donors (Lipinski definition) is 2. The number of nitrogens with zero attached hydrogens (tertiary/aromatic N) is 3. The predicted molar refractivity (Wildman–Crippen MR) is 93.4 cm³/mol. The van der Waals surface area contributed by atoms with Crippen molar-refractivity contribution in [3.8, 4) is 0 Å². The van der Waals surface area contributed by atoms with Gasteiger partial charge in [0.2, 0.25) is 10.0 Å². The van der Waals surface area contributed by atoms with Crippen LogP contribution >= 0.6 is 0 Å². The molecule has 0 radical (unpaired) electrons. The van der Waals surface area contributed by atoms with Gasteiger partial charge in [-0.1, -0.05) is 12.1 Å². The van der Waals surface area contributed by atoms with Crippen LogP contribution in [-0.2, 0) is 16.6 Å². The Morgan fingerprint density at radius 3 is 2.42 bits per heavy atom. The third-order valence-electron chi connectivity index (χ3n) is 4.36. The highest BCUT2D eigenvalue weighted by atomic mass is 32.2. The van der Waals surface area contributed by atoms with Crippen molar-refractivity contribution in [3.05, 3.63) is 41.5 Å². The summed E-state index contributed by atoms with van der Waals surface area (Å²) in [5.74, 6) is 0.934. The summed E-state index contributed by atoms with van der Waals surface area (Å²) in [6.07, 6.45) is 0. The fraction of sp³-hybridized carbons (Fsp3) is 0.438. The number of H-pyrrole nitrogens is 1. The summed E-state index contributed by atoms with van der Waals surface area (Å²) in [5, 5.41) is 5.34. The highest BCUT2D eigenvalue weighted by Gasteiger charge is 2.23. The second-order valence-corrected chi connectivity index (χ2v) is 7.70. The summed E-state index contributed by atoms with van der Waals surface area (Å²) in [6, 6.07) is 6.91. The van der Waals surface area contributed by atoms with Crippen LogP contribution in [0.25, 0.3) is 0 Å². The lowest BCUT2D eigenvalue weighted by Gasteiger charge is -2.36. The average molecular weight is 349 g/mol. The number of rotatable bonds is 4. The number of benzene rings is 1. The Balaban J connectivity index is 1.69. The van der Waals surface area contributed by atoms with Crippen LogP contribution < -0.4 is 10.0 Å². The van der Waals surface area contributed by atoms with Crippen molar-refractivity contribution in [1.82, 2.24) is 14.9 Å². The Morgan fingerprint density at radius 2 is 1.83 bits per heavy atom. The third kappa shape index (κ3) is 3.61. The summed E-state index contributed by atoms with van der Waals surface area (Å²) >= 11 is 0. The van der Waals surface area contributed by atoms with E-state index in [-0.39, 0.29) is 4.90 Å². The normalized spacial score (nSPS) is 16.5. The van der Waals surface area contributed by atoms with Crippen molar-refractivity contribution in [2.75, 3.05) is 31.1 Å². The van der Waals surface area contributed by atoms with Gasteiger partial charge in [-0.05, 0) is 26.0 Å². The molecule has 3 N–H and O–H groups in total. The molecule has 1 aliphatic rings. The molecule has 1 fully saturated rings. The van der Waals surface area contributed by atoms with Crippen LogP contribution in [0.1, 0.15) is 17.2 Å². The molecule has 2 heterocycles. The van der Waals surface area contributed by atoms with Crippen molar-refractivity contribution < 1.29 is 8.42 Å². The highest BCUT2D eigenvalue weighted by Crippen LogP contribution is 2.25. The molecule has 1 aromatic heterocycles. The molecule has 24 heavy (non-hydrogen) atoms. The minimum Gasteiger partial charge on any atom is -0.368 e. The van der Waals surface area contributed by atoms with E-state index in [1.54, 1.807) is 12.1 Å². The van der Waals surface area contributed by atoms with Crippen molar-refractivity contribution in [2.24, 2.45) is 5.14 Å². The number of anilines is 1. The number of imidazole rings is 1. The lowest BCUT2D eigenvalue weighted by atomic mass is 10.2. The molecule has 0 saturated carbocycles. The highest BCUT2D eigenvalue weighted by molar-refractivity contribution is 7.89. The molecule has 0 amide bonds. The molecule has 0 atom stereocenters. The molecule has 3 rings (SSSR count). The van der Waals surface area contributed by atoms with E-state index in [0.717, 1.165) is 49.9 Å². The predicted octanol–water partition coefficient (Wildman–Crippen LogP) is 0.996. The van der Waals surface area contributed by atoms with Crippen LogP contribution in [0, 0.1) is 13.8 Å². The van der Waals surface area contributed by atoms with Gasteiger partial charge in [-0.3, -0.25) is 4.90 Å². The molecule has 0 spiro atoms. The minimum atomic E-state index is -3.72. The Labute approximate surface area is 142 Å². The lowest BCUT2D eigenvalue weighted by Crippen LogP contribution is -2.46. The van der Waals surface area contributed by atoms with E-state index in [4.69, 9.17) is 5.14 Å². The summed E-state index contributed by atoms with van der Waals surface area (Å²) in [6.45, 7) is 8.02. The summed E-state index contributed by atoms with van der Waals surface area (Å²) in [5.41, 5.74) is 2.87. The zero-order valence-corrected chi connectivity index (χ0v) is 14.8. The SMILES string of the molecule is Cc1nc(CN2CCN(c3ccccc3S(N)(=O)=O)CC2)c(C)[nH]1. The first-order valence-electron chi connectivity index (χ1n) is 7.96. The number of aromatic nitrogens is 2. The number of sulfonamides is 1. The second kappa shape index (κ2) is 6.54. The topological polar surface area (TPSA) is 95.3 Å². The molecule has 0 bridgehead atoms. The molecule has 0 aliphatic carbocycles. The number of piperazine rings is 1. The van der Waals surface area contributed by atoms with Gasteiger partial charge in [-0.2, -0.15) is 0 Å². The van der Waals surface area contributed by atoms with E-state index in [0.29, 0.717) is 5.69 Å². The molecule has 1 aromatic carbocycles. The summed E-state index contributed by atoms with van der Waals surface area (Å²) in [4.78, 5) is 12.4. The third-order valence-corrected chi connectivity index (χ3v) is 5.32. The van der Waals surface area contributed by atoms with Crippen LogP contribution in [0.2, 0.25) is 0 Å². The van der Waals surface area contributed by atoms with Gasteiger partial charge in [-0.15, -0.1) is 0 Å². The van der Waals surface area contributed by atoms with Gasteiger partial charge in [0, 0.05) is 38.4 Å². The molecule has 1 saturated heterocycles. The first kappa shape index (κ1) is 16.9. The smallest absolute Gasteiger partial charge is 0.240 e. The fourth-order valence-electron chi connectivity index (χ4n) is 3.13. The summed E-state index contributed by atoms with van der Waals surface area (Å²) in [7, 11) is -3.72. The zero-order chi connectivity index (χ0) is 17.3. The number of aromatic amines is 1. The van der Waals surface area contributed by atoms with E-state index in [1.807, 2.05) is 26.0 Å². The monoisotopic (exact) mass is 349 g/mol. The number of nitrogens with two attached hydrogens (primary N) is 1. The van der Waals surface area contributed by atoms with Crippen LogP contribution in [0.3, 0.4) is 0 Å². The summed E-state index contributed by atoms with van der Waals surface area (Å²) < 4.78 is 23.5. The standard InChI is InChI=1S/C16H23N5O2S/c1-12-14(19-13(2)18-12)11-20-7-9-21(10-8-20)15-5-3-4-6-16(15)24(17,22)23/h3-6H,7-11H2,1-2H3,(H,18,19)(H2,17,22,23). The minimum absolute atomic E-state index is 0.192. The molecule has 0 unspecified atom stereocenters. The number of para-hydroxylation sites is 1. The molecular formula is C16H23N5O2S. The van der Waals surface area contributed by atoms with Gasteiger partial charge in [0.25, 0.3) is 0 Å². The van der Waals surface area contributed by atoms with E-state index in [2.05, 4.69) is 19.8 Å². The molecule has 1 aliphatic heterocycles. The zero-order valence-electron chi connectivity index (χ0n) is 14.0. The number of aryl methyl sites for hydroxylation is 2. The van der Waals surface area contributed by atoms with Gasteiger partial charge in [0.05, 0.1) is 11.4 Å².